The van der Waals surface area contributed by atoms with Gasteiger partial charge in [0.15, 0.2) is 0 Å². The lowest BCUT2D eigenvalue weighted by atomic mass is 9.99. The van der Waals surface area contributed by atoms with E-state index in [-0.39, 0.29) is 11.1 Å². The van der Waals surface area contributed by atoms with Gasteiger partial charge in [0.2, 0.25) is 0 Å². The number of hydrogen-bond acceptors (Lipinski definition) is 2. The average Bonchev–Trinajstić information content (AvgIpc) is 2.37. The molecular weight excluding hydrogens is 292 g/mol. The van der Waals surface area contributed by atoms with Crippen molar-refractivity contribution in [1.29, 1.82) is 0 Å². The highest BCUT2D eigenvalue weighted by molar-refractivity contribution is 5.97. The average molecular weight is 300 g/mol. The molecule has 0 aliphatic rings. The first-order valence-corrected chi connectivity index (χ1v) is 5.66. The van der Waals surface area contributed by atoms with E-state index in [1.165, 1.54) is 18.2 Å². The van der Waals surface area contributed by atoms with Gasteiger partial charge in [-0.05, 0) is 18.2 Å². The van der Waals surface area contributed by atoms with Gasteiger partial charge in [0.1, 0.15) is 11.6 Å². The maximum atomic E-state index is 13.1. The summed E-state index contributed by atoms with van der Waals surface area (Å²) < 4.78 is 54.1. The van der Waals surface area contributed by atoms with Crippen molar-refractivity contribution in [3.8, 4) is 16.9 Å². The molecule has 2 aromatic carbocycles. The molecule has 3 nitrogen and oxygen atoms in total. The molecule has 0 unspecified atom stereocenters. The SMILES string of the molecule is O=C(O)c1cc(F)ccc1-c1ccccc1OC(F)(F)F. The monoisotopic (exact) mass is 300 g/mol. The van der Waals surface area contributed by atoms with Crippen LogP contribution in [0, 0.1) is 5.82 Å². The Balaban J connectivity index is 2.60. The molecule has 0 aliphatic heterocycles. The number of carboxylic acids is 1. The van der Waals surface area contributed by atoms with Gasteiger partial charge in [0.05, 0.1) is 5.56 Å². The third-order valence-electron chi connectivity index (χ3n) is 2.61. The quantitative estimate of drug-likeness (QED) is 0.868. The Morgan fingerprint density at radius 2 is 1.71 bits per heavy atom. The normalized spacial score (nSPS) is 11.2. The summed E-state index contributed by atoms with van der Waals surface area (Å²) in [5, 5.41) is 9.05. The molecule has 0 fully saturated rings. The van der Waals surface area contributed by atoms with Crippen LogP contribution in [-0.4, -0.2) is 17.4 Å². The minimum absolute atomic E-state index is 0.0660. The zero-order valence-electron chi connectivity index (χ0n) is 10.3. The molecule has 0 amide bonds. The minimum atomic E-state index is -4.92. The number of carbonyl (C=O) groups is 1. The fraction of sp³-hybridized carbons (Fsp3) is 0.0714. The van der Waals surface area contributed by atoms with Crippen molar-refractivity contribution in [3.05, 3.63) is 53.8 Å². The van der Waals surface area contributed by atoms with E-state index in [4.69, 9.17) is 5.11 Å². The lowest BCUT2D eigenvalue weighted by Crippen LogP contribution is -2.17. The molecule has 2 aromatic rings. The molecule has 0 spiro atoms. The second-order valence-corrected chi connectivity index (χ2v) is 4.04. The third-order valence-corrected chi connectivity index (χ3v) is 2.61. The van der Waals surface area contributed by atoms with Crippen molar-refractivity contribution in [3.63, 3.8) is 0 Å². The Morgan fingerprint density at radius 1 is 1.05 bits per heavy atom. The van der Waals surface area contributed by atoms with Gasteiger partial charge in [-0.25, -0.2) is 9.18 Å². The van der Waals surface area contributed by atoms with Crippen LogP contribution >= 0.6 is 0 Å². The molecular formula is C14H8F4O3. The fourth-order valence-corrected chi connectivity index (χ4v) is 1.83. The summed E-state index contributed by atoms with van der Waals surface area (Å²) in [6, 6.07) is 7.85. The zero-order chi connectivity index (χ0) is 15.6. The molecule has 0 atom stereocenters. The van der Waals surface area contributed by atoms with E-state index in [1.54, 1.807) is 0 Å². The molecule has 0 saturated heterocycles. The van der Waals surface area contributed by atoms with Gasteiger partial charge in [-0.15, -0.1) is 13.2 Å². The van der Waals surface area contributed by atoms with Crippen molar-refractivity contribution in [2.45, 2.75) is 6.36 Å². The van der Waals surface area contributed by atoms with Gasteiger partial charge < -0.3 is 9.84 Å². The molecule has 0 aliphatic carbocycles. The largest absolute Gasteiger partial charge is 0.573 e. The van der Waals surface area contributed by atoms with Gasteiger partial charge in [-0.2, -0.15) is 0 Å². The predicted octanol–water partition coefficient (Wildman–Crippen LogP) is 4.09. The minimum Gasteiger partial charge on any atom is -0.478 e. The number of alkyl halides is 3. The summed E-state index contributed by atoms with van der Waals surface area (Å²) in [6.07, 6.45) is -4.92. The molecule has 21 heavy (non-hydrogen) atoms. The first-order valence-electron chi connectivity index (χ1n) is 5.66. The number of hydrogen-bond donors (Lipinski definition) is 1. The van der Waals surface area contributed by atoms with Crippen molar-refractivity contribution in [2.75, 3.05) is 0 Å². The van der Waals surface area contributed by atoms with Crippen molar-refractivity contribution < 1.29 is 32.2 Å². The van der Waals surface area contributed by atoms with Gasteiger partial charge in [0, 0.05) is 11.1 Å². The van der Waals surface area contributed by atoms with Crippen molar-refractivity contribution in [1.82, 2.24) is 0 Å². The summed E-state index contributed by atoms with van der Waals surface area (Å²) in [4.78, 5) is 11.1. The Kier molecular flexibility index (Phi) is 3.84. The standard InChI is InChI=1S/C14H8F4O3/c15-8-5-6-9(11(7-8)13(19)20)10-3-1-2-4-12(10)21-14(16,17)18/h1-7H,(H,19,20). The van der Waals surface area contributed by atoms with E-state index < -0.39 is 29.5 Å². The van der Waals surface area contributed by atoms with Gasteiger partial charge in [-0.1, -0.05) is 24.3 Å². The van der Waals surface area contributed by atoms with E-state index in [0.717, 1.165) is 24.3 Å². The number of benzene rings is 2. The Bertz CT molecular complexity index is 680. The van der Waals surface area contributed by atoms with Gasteiger partial charge in [-0.3, -0.25) is 0 Å². The summed E-state index contributed by atoms with van der Waals surface area (Å²) in [5.41, 5.74) is -0.607. The van der Waals surface area contributed by atoms with E-state index >= 15 is 0 Å². The number of para-hydroxylation sites is 1. The van der Waals surface area contributed by atoms with E-state index in [2.05, 4.69) is 4.74 Å². The second-order valence-electron chi connectivity index (χ2n) is 4.04. The van der Waals surface area contributed by atoms with Crippen LogP contribution in [-0.2, 0) is 0 Å². The first-order chi connectivity index (χ1) is 9.78. The zero-order valence-corrected chi connectivity index (χ0v) is 10.3. The van der Waals surface area contributed by atoms with Crippen molar-refractivity contribution >= 4 is 5.97 Å². The molecule has 0 bridgehead atoms. The van der Waals surface area contributed by atoms with Gasteiger partial charge >= 0.3 is 12.3 Å². The summed E-state index contributed by atoms with van der Waals surface area (Å²) in [7, 11) is 0. The molecule has 2 rings (SSSR count). The summed E-state index contributed by atoms with van der Waals surface area (Å²) in [5.74, 6) is -2.81. The number of ether oxygens (including phenoxy) is 1. The van der Waals surface area contributed by atoms with Crippen LogP contribution in [0.15, 0.2) is 42.5 Å². The fourth-order valence-electron chi connectivity index (χ4n) is 1.83. The van der Waals surface area contributed by atoms with Crippen LogP contribution in [0.3, 0.4) is 0 Å². The predicted molar refractivity (Wildman–Crippen MR) is 65.5 cm³/mol. The van der Waals surface area contributed by atoms with E-state index in [1.807, 2.05) is 0 Å². The number of halogens is 4. The Labute approximate surface area is 116 Å². The molecule has 0 radical (unpaired) electrons. The molecule has 0 saturated carbocycles. The Morgan fingerprint density at radius 3 is 2.33 bits per heavy atom. The number of rotatable bonds is 3. The maximum Gasteiger partial charge on any atom is 0.573 e. The molecule has 0 aromatic heterocycles. The number of aromatic carboxylic acids is 1. The lowest BCUT2D eigenvalue weighted by Gasteiger charge is -2.14. The highest BCUT2D eigenvalue weighted by atomic mass is 19.4. The Hall–Kier alpha value is -2.57. The van der Waals surface area contributed by atoms with E-state index in [9.17, 15) is 22.4 Å². The lowest BCUT2D eigenvalue weighted by molar-refractivity contribution is -0.274. The maximum absolute atomic E-state index is 13.1. The van der Waals surface area contributed by atoms with Crippen LogP contribution in [0.25, 0.3) is 11.1 Å². The van der Waals surface area contributed by atoms with Gasteiger partial charge in [0.25, 0.3) is 0 Å². The van der Waals surface area contributed by atoms with Crippen LogP contribution in [0.4, 0.5) is 17.6 Å². The molecule has 110 valence electrons. The first kappa shape index (κ1) is 14.8. The summed E-state index contributed by atoms with van der Waals surface area (Å²) >= 11 is 0. The van der Waals surface area contributed by atoms with Crippen LogP contribution in [0.2, 0.25) is 0 Å². The topological polar surface area (TPSA) is 46.5 Å². The molecule has 1 N–H and O–H groups in total. The third kappa shape index (κ3) is 3.50. The summed E-state index contributed by atoms with van der Waals surface area (Å²) in [6.45, 7) is 0. The van der Waals surface area contributed by atoms with E-state index in [0.29, 0.717) is 0 Å². The highest BCUT2D eigenvalue weighted by Gasteiger charge is 2.32. The van der Waals surface area contributed by atoms with Crippen LogP contribution < -0.4 is 4.74 Å². The van der Waals surface area contributed by atoms with Crippen LogP contribution in [0.5, 0.6) is 5.75 Å². The van der Waals surface area contributed by atoms with Crippen molar-refractivity contribution in [2.24, 2.45) is 0 Å². The molecule has 0 heterocycles. The van der Waals surface area contributed by atoms with Crippen LogP contribution in [0.1, 0.15) is 10.4 Å². The number of carboxylic acid groups (broad SMARTS) is 1. The second kappa shape index (κ2) is 5.43. The highest BCUT2D eigenvalue weighted by Crippen LogP contribution is 2.35. The molecule has 7 heteroatoms. The smallest absolute Gasteiger partial charge is 0.478 e.